The van der Waals surface area contributed by atoms with Crippen molar-refractivity contribution in [2.24, 2.45) is 5.16 Å². The highest BCUT2D eigenvalue weighted by molar-refractivity contribution is 5.84. The Hall–Kier alpha value is -0.610. The van der Waals surface area contributed by atoms with Crippen LogP contribution in [0.1, 0.15) is 53.4 Å². The summed E-state index contributed by atoms with van der Waals surface area (Å²) in [5, 5.41) is 7.61. The Labute approximate surface area is 119 Å². The second kappa shape index (κ2) is 12.4. The van der Waals surface area contributed by atoms with Gasteiger partial charge in [-0.25, -0.2) is 0 Å². The van der Waals surface area contributed by atoms with Gasteiger partial charge < -0.3 is 15.1 Å². The van der Waals surface area contributed by atoms with Crippen molar-refractivity contribution in [3.05, 3.63) is 0 Å². The Balaban J connectivity index is 0.000000741. The number of nitrogens with zero attached hydrogens (tertiary/aromatic N) is 2. The van der Waals surface area contributed by atoms with Gasteiger partial charge in [0.1, 0.15) is 6.10 Å². The molecular weight excluding hydrogens is 238 g/mol. The Kier molecular flexibility index (Phi) is 12.0. The van der Waals surface area contributed by atoms with Crippen molar-refractivity contribution in [3.63, 3.8) is 0 Å². The predicted molar refractivity (Wildman–Crippen MR) is 83.8 cm³/mol. The summed E-state index contributed by atoms with van der Waals surface area (Å²) in [6.45, 7) is 12.4. The first-order chi connectivity index (χ1) is 9.34. The van der Waals surface area contributed by atoms with Gasteiger partial charge in [0.2, 0.25) is 0 Å². The van der Waals surface area contributed by atoms with Crippen LogP contribution < -0.4 is 5.32 Å². The summed E-state index contributed by atoms with van der Waals surface area (Å²) in [7, 11) is 2.16. The number of hydrogen-bond donors (Lipinski definition) is 1. The Bertz CT molecular complexity index is 215. The number of piperidine rings is 2. The van der Waals surface area contributed by atoms with Gasteiger partial charge in [-0.15, -0.1) is 0 Å². The third kappa shape index (κ3) is 8.22. The maximum atomic E-state index is 5.60. The van der Waals surface area contributed by atoms with Crippen LogP contribution in [-0.4, -0.2) is 49.9 Å². The lowest BCUT2D eigenvalue weighted by Crippen LogP contribution is -2.34. The van der Waals surface area contributed by atoms with Gasteiger partial charge >= 0.3 is 0 Å². The molecule has 0 atom stereocenters. The van der Waals surface area contributed by atoms with Crippen molar-refractivity contribution in [1.82, 2.24) is 10.2 Å². The molecule has 1 N–H and O–H groups in total. The van der Waals surface area contributed by atoms with Crippen molar-refractivity contribution in [3.8, 4) is 0 Å². The van der Waals surface area contributed by atoms with Crippen LogP contribution >= 0.6 is 0 Å². The molecular formula is C15H33N3O. The number of likely N-dealkylation sites (tertiary alicyclic amines) is 1. The van der Waals surface area contributed by atoms with Crippen LogP contribution in [0.4, 0.5) is 0 Å². The summed E-state index contributed by atoms with van der Waals surface area (Å²) in [4.78, 5) is 7.95. The monoisotopic (exact) mass is 271 g/mol. The fraction of sp³-hybridized carbons (Fsp3) is 0.933. The SMILES string of the molecule is CC.CC.CN1CCC(ON=C2CCNCC2)CC1. The molecule has 2 aliphatic rings. The van der Waals surface area contributed by atoms with Gasteiger partial charge in [0.25, 0.3) is 0 Å². The second-order valence-corrected chi connectivity index (χ2v) is 4.52. The van der Waals surface area contributed by atoms with Crippen LogP contribution in [0.15, 0.2) is 5.16 Å². The molecule has 2 rings (SSSR count). The lowest BCUT2D eigenvalue weighted by Gasteiger charge is -2.27. The molecule has 0 saturated carbocycles. The molecule has 2 saturated heterocycles. The minimum Gasteiger partial charge on any atom is -0.392 e. The van der Waals surface area contributed by atoms with Crippen LogP contribution in [0.2, 0.25) is 0 Å². The Morgan fingerprint density at radius 2 is 1.58 bits per heavy atom. The van der Waals surface area contributed by atoms with E-state index in [0.29, 0.717) is 6.10 Å². The maximum Gasteiger partial charge on any atom is 0.130 e. The van der Waals surface area contributed by atoms with Crippen molar-refractivity contribution < 1.29 is 4.84 Å². The summed E-state index contributed by atoms with van der Waals surface area (Å²) < 4.78 is 0. The molecule has 0 bridgehead atoms. The number of rotatable bonds is 2. The van der Waals surface area contributed by atoms with Gasteiger partial charge in [-0.05, 0) is 19.9 Å². The highest BCUT2D eigenvalue weighted by Crippen LogP contribution is 2.13. The minimum absolute atomic E-state index is 0.351. The Morgan fingerprint density at radius 1 is 1.05 bits per heavy atom. The first-order valence-electron chi connectivity index (χ1n) is 7.95. The van der Waals surface area contributed by atoms with Gasteiger partial charge in [-0.1, -0.05) is 32.9 Å². The van der Waals surface area contributed by atoms with E-state index in [2.05, 4.69) is 22.4 Å². The fourth-order valence-electron chi connectivity index (χ4n) is 2.05. The van der Waals surface area contributed by atoms with E-state index in [1.807, 2.05) is 27.7 Å². The summed E-state index contributed by atoms with van der Waals surface area (Å²) >= 11 is 0. The van der Waals surface area contributed by atoms with E-state index in [-0.39, 0.29) is 0 Å². The third-order valence-corrected chi connectivity index (χ3v) is 3.18. The number of nitrogens with one attached hydrogen (secondary N) is 1. The van der Waals surface area contributed by atoms with Gasteiger partial charge in [0.15, 0.2) is 0 Å². The van der Waals surface area contributed by atoms with E-state index in [9.17, 15) is 0 Å². The number of hydrogen-bond acceptors (Lipinski definition) is 4. The molecule has 0 aromatic heterocycles. The highest BCUT2D eigenvalue weighted by atomic mass is 16.6. The predicted octanol–water partition coefficient (Wildman–Crippen LogP) is 2.89. The molecule has 0 spiro atoms. The van der Waals surface area contributed by atoms with Crippen molar-refractivity contribution in [2.75, 3.05) is 33.2 Å². The zero-order chi connectivity index (χ0) is 14.5. The summed E-state index contributed by atoms with van der Waals surface area (Å²) in [6.07, 6.45) is 4.68. The zero-order valence-electron chi connectivity index (χ0n) is 13.5. The first-order valence-corrected chi connectivity index (χ1v) is 7.95. The molecule has 4 nitrogen and oxygen atoms in total. The molecule has 0 unspecified atom stereocenters. The first kappa shape index (κ1) is 18.4. The average Bonchev–Trinajstić information content (AvgIpc) is 2.52. The molecule has 0 aromatic carbocycles. The van der Waals surface area contributed by atoms with Crippen molar-refractivity contribution in [2.45, 2.75) is 59.5 Å². The fourth-order valence-corrected chi connectivity index (χ4v) is 2.05. The molecule has 4 heteroatoms. The molecule has 0 aliphatic carbocycles. The summed E-state index contributed by atoms with van der Waals surface area (Å²) in [5.74, 6) is 0. The molecule has 0 amide bonds. The van der Waals surface area contributed by atoms with Crippen LogP contribution in [-0.2, 0) is 4.84 Å². The highest BCUT2D eigenvalue weighted by Gasteiger charge is 2.18. The second-order valence-electron chi connectivity index (χ2n) is 4.52. The molecule has 2 aliphatic heterocycles. The van der Waals surface area contributed by atoms with E-state index in [1.165, 1.54) is 5.71 Å². The average molecular weight is 271 g/mol. The summed E-state index contributed by atoms with van der Waals surface area (Å²) in [5.41, 5.74) is 1.23. The van der Waals surface area contributed by atoms with Gasteiger partial charge in [-0.2, -0.15) is 0 Å². The van der Waals surface area contributed by atoms with E-state index >= 15 is 0 Å². The zero-order valence-corrected chi connectivity index (χ0v) is 13.5. The van der Waals surface area contributed by atoms with E-state index in [4.69, 9.17) is 4.84 Å². The normalized spacial score (nSPS) is 20.6. The third-order valence-electron chi connectivity index (χ3n) is 3.18. The quantitative estimate of drug-likeness (QED) is 0.785. The molecule has 114 valence electrons. The Morgan fingerprint density at radius 3 is 2.11 bits per heavy atom. The van der Waals surface area contributed by atoms with Crippen LogP contribution in [0.5, 0.6) is 0 Å². The van der Waals surface area contributed by atoms with Crippen LogP contribution in [0.25, 0.3) is 0 Å². The van der Waals surface area contributed by atoms with E-state index in [0.717, 1.165) is 51.9 Å². The molecule has 0 radical (unpaired) electrons. The molecule has 2 heterocycles. The topological polar surface area (TPSA) is 36.9 Å². The van der Waals surface area contributed by atoms with E-state index < -0.39 is 0 Å². The van der Waals surface area contributed by atoms with Gasteiger partial charge in [0, 0.05) is 39.0 Å². The van der Waals surface area contributed by atoms with Gasteiger partial charge in [0.05, 0.1) is 5.71 Å². The number of oxime groups is 1. The lowest BCUT2D eigenvalue weighted by atomic mass is 10.1. The largest absolute Gasteiger partial charge is 0.392 e. The maximum absolute atomic E-state index is 5.60. The molecule has 2 fully saturated rings. The lowest BCUT2D eigenvalue weighted by molar-refractivity contribution is 0.0153. The van der Waals surface area contributed by atoms with Crippen molar-refractivity contribution in [1.29, 1.82) is 0 Å². The minimum atomic E-state index is 0.351. The standard InChI is InChI=1S/C11H21N3O.2C2H6/c1-14-8-4-11(5-9-14)15-13-10-2-6-12-7-3-10;2*1-2/h11-12H,2-9H2,1H3;2*1-2H3. The summed E-state index contributed by atoms with van der Waals surface area (Å²) in [6, 6.07) is 0. The van der Waals surface area contributed by atoms with Crippen LogP contribution in [0, 0.1) is 0 Å². The van der Waals surface area contributed by atoms with Crippen molar-refractivity contribution >= 4 is 5.71 Å². The van der Waals surface area contributed by atoms with Gasteiger partial charge in [-0.3, -0.25) is 0 Å². The molecule has 0 aromatic rings. The van der Waals surface area contributed by atoms with Crippen LogP contribution in [0.3, 0.4) is 0 Å². The van der Waals surface area contributed by atoms with E-state index in [1.54, 1.807) is 0 Å². The smallest absolute Gasteiger partial charge is 0.130 e. The molecule has 19 heavy (non-hydrogen) atoms.